The van der Waals surface area contributed by atoms with Gasteiger partial charge < -0.3 is 15.5 Å². The number of H-pyrrole nitrogens is 1. The molecule has 2 aromatic rings. The summed E-state index contributed by atoms with van der Waals surface area (Å²) in [7, 11) is 1.57. The van der Waals surface area contributed by atoms with Crippen LogP contribution in [0.15, 0.2) is 36.4 Å². The van der Waals surface area contributed by atoms with Crippen molar-refractivity contribution in [3.8, 4) is 5.75 Å². The molecule has 0 spiro atoms. The zero-order chi connectivity index (χ0) is 13.8. The Labute approximate surface area is 110 Å². The molecule has 1 heterocycles. The third kappa shape index (κ3) is 3.01. The van der Waals surface area contributed by atoms with Gasteiger partial charge in [-0.1, -0.05) is 0 Å². The number of ketones is 1. The Balaban J connectivity index is 2.18. The number of carbonyl (C=O) groups excluding carboxylic acids is 2. The number of amides is 1. The largest absolute Gasteiger partial charge is 0.497 e. The van der Waals surface area contributed by atoms with Crippen molar-refractivity contribution in [2.24, 2.45) is 5.73 Å². The van der Waals surface area contributed by atoms with Crippen LogP contribution in [-0.2, 0) is 11.2 Å². The van der Waals surface area contributed by atoms with Gasteiger partial charge in [-0.2, -0.15) is 0 Å². The fourth-order valence-electron chi connectivity index (χ4n) is 1.76. The van der Waals surface area contributed by atoms with E-state index in [2.05, 4.69) is 4.98 Å². The molecule has 3 N–H and O–H groups in total. The molecule has 19 heavy (non-hydrogen) atoms. The number of nitrogens with two attached hydrogens (primary N) is 1. The number of hydrogen-bond donors (Lipinski definition) is 2. The number of hydrogen-bond acceptors (Lipinski definition) is 3. The molecule has 0 atom stereocenters. The predicted molar refractivity (Wildman–Crippen MR) is 70.1 cm³/mol. The van der Waals surface area contributed by atoms with Gasteiger partial charge in [0, 0.05) is 11.3 Å². The summed E-state index contributed by atoms with van der Waals surface area (Å²) in [5.41, 5.74) is 6.71. The molecule has 98 valence electrons. The molecule has 0 unspecified atom stereocenters. The number of primary amides is 1. The maximum absolute atomic E-state index is 12.2. The standard InChI is InChI=1S/C14H14N2O3/c1-19-11-5-2-9(3-6-11)14(18)12-7-4-10(16-12)8-13(15)17/h2-7,16H,8H2,1H3,(H2,15,17). The number of aromatic amines is 1. The lowest BCUT2D eigenvalue weighted by molar-refractivity contribution is -0.117. The maximum atomic E-state index is 12.2. The first-order chi connectivity index (χ1) is 9.10. The van der Waals surface area contributed by atoms with E-state index >= 15 is 0 Å². The van der Waals surface area contributed by atoms with Gasteiger partial charge in [0.05, 0.1) is 19.2 Å². The van der Waals surface area contributed by atoms with Crippen LogP contribution in [0, 0.1) is 0 Å². The lowest BCUT2D eigenvalue weighted by Gasteiger charge is -2.01. The summed E-state index contributed by atoms with van der Waals surface area (Å²) < 4.78 is 5.03. The van der Waals surface area contributed by atoms with Crippen molar-refractivity contribution in [3.05, 3.63) is 53.3 Å². The fourth-order valence-corrected chi connectivity index (χ4v) is 1.76. The monoisotopic (exact) mass is 258 g/mol. The molecule has 1 amide bonds. The minimum atomic E-state index is -0.440. The van der Waals surface area contributed by atoms with Crippen LogP contribution in [0.4, 0.5) is 0 Å². The van der Waals surface area contributed by atoms with Gasteiger partial charge in [0.1, 0.15) is 5.75 Å². The summed E-state index contributed by atoms with van der Waals surface area (Å²) in [6.07, 6.45) is 0.0931. The number of carbonyl (C=O) groups is 2. The molecule has 5 nitrogen and oxygen atoms in total. The zero-order valence-corrected chi connectivity index (χ0v) is 10.5. The van der Waals surface area contributed by atoms with Crippen LogP contribution >= 0.6 is 0 Å². The number of ether oxygens (including phenoxy) is 1. The van der Waals surface area contributed by atoms with E-state index in [9.17, 15) is 9.59 Å². The van der Waals surface area contributed by atoms with Crippen LogP contribution in [0.25, 0.3) is 0 Å². The molecular weight excluding hydrogens is 244 g/mol. The first-order valence-corrected chi connectivity index (χ1v) is 5.75. The molecule has 5 heteroatoms. The van der Waals surface area contributed by atoms with Gasteiger partial charge in [0.15, 0.2) is 0 Å². The summed E-state index contributed by atoms with van der Waals surface area (Å²) in [4.78, 5) is 25.8. The summed E-state index contributed by atoms with van der Waals surface area (Å²) in [6, 6.07) is 10.2. The van der Waals surface area contributed by atoms with Crippen molar-refractivity contribution in [2.45, 2.75) is 6.42 Å². The fraction of sp³-hybridized carbons (Fsp3) is 0.143. The second kappa shape index (κ2) is 5.39. The van der Waals surface area contributed by atoms with E-state index in [1.54, 1.807) is 43.5 Å². The summed E-state index contributed by atoms with van der Waals surface area (Å²) in [5, 5.41) is 0. The molecule has 0 saturated heterocycles. The Hall–Kier alpha value is -2.56. The average molecular weight is 258 g/mol. The smallest absolute Gasteiger partial charge is 0.223 e. The van der Waals surface area contributed by atoms with Crippen LogP contribution < -0.4 is 10.5 Å². The van der Waals surface area contributed by atoms with Crippen LogP contribution in [0.3, 0.4) is 0 Å². The highest BCUT2D eigenvalue weighted by Gasteiger charge is 2.12. The number of benzene rings is 1. The Morgan fingerprint density at radius 2 is 1.84 bits per heavy atom. The van der Waals surface area contributed by atoms with E-state index in [-0.39, 0.29) is 12.2 Å². The van der Waals surface area contributed by atoms with Crippen LogP contribution in [0.2, 0.25) is 0 Å². The van der Waals surface area contributed by atoms with E-state index in [1.165, 1.54) is 0 Å². The van der Waals surface area contributed by atoms with E-state index in [1.807, 2.05) is 0 Å². The zero-order valence-electron chi connectivity index (χ0n) is 10.5. The second-order valence-electron chi connectivity index (χ2n) is 4.10. The van der Waals surface area contributed by atoms with Gasteiger partial charge in [-0.05, 0) is 36.4 Å². The van der Waals surface area contributed by atoms with Crippen LogP contribution in [-0.4, -0.2) is 23.8 Å². The van der Waals surface area contributed by atoms with Crippen molar-refractivity contribution < 1.29 is 14.3 Å². The molecule has 0 aliphatic heterocycles. The SMILES string of the molecule is COc1ccc(C(=O)c2ccc(CC(N)=O)[nH]2)cc1. The highest BCUT2D eigenvalue weighted by molar-refractivity contribution is 6.07. The van der Waals surface area contributed by atoms with Gasteiger partial charge in [0.25, 0.3) is 0 Å². The number of methoxy groups -OCH3 is 1. The normalized spacial score (nSPS) is 10.2. The minimum absolute atomic E-state index is 0.0931. The molecular formula is C14H14N2O3. The summed E-state index contributed by atoms with van der Waals surface area (Å²) in [5.74, 6) is 0.112. The Morgan fingerprint density at radius 3 is 2.42 bits per heavy atom. The molecule has 0 saturated carbocycles. The number of rotatable bonds is 5. The molecule has 2 rings (SSSR count). The van der Waals surface area contributed by atoms with Gasteiger partial charge >= 0.3 is 0 Å². The molecule has 0 bridgehead atoms. The van der Waals surface area contributed by atoms with Gasteiger partial charge in [-0.3, -0.25) is 9.59 Å². The van der Waals surface area contributed by atoms with Gasteiger partial charge in [-0.25, -0.2) is 0 Å². The van der Waals surface area contributed by atoms with Crippen molar-refractivity contribution in [3.63, 3.8) is 0 Å². The second-order valence-corrected chi connectivity index (χ2v) is 4.10. The lowest BCUT2D eigenvalue weighted by Crippen LogP contribution is -2.14. The van der Waals surface area contributed by atoms with Gasteiger partial charge in [0.2, 0.25) is 11.7 Å². The van der Waals surface area contributed by atoms with Crippen LogP contribution in [0.5, 0.6) is 5.75 Å². The van der Waals surface area contributed by atoms with Crippen LogP contribution in [0.1, 0.15) is 21.7 Å². The Kier molecular flexibility index (Phi) is 3.66. The molecule has 1 aromatic heterocycles. The summed E-state index contributed by atoms with van der Waals surface area (Å²) >= 11 is 0. The molecule has 0 aliphatic carbocycles. The molecule has 0 radical (unpaired) electrons. The molecule has 0 aliphatic rings. The molecule has 1 aromatic carbocycles. The lowest BCUT2D eigenvalue weighted by atomic mass is 10.1. The average Bonchev–Trinajstić information content (AvgIpc) is 2.85. The van der Waals surface area contributed by atoms with Crippen molar-refractivity contribution >= 4 is 11.7 Å². The Bertz CT molecular complexity index is 599. The predicted octanol–water partition coefficient (Wildman–Crippen LogP) is 1.28. The van der Waals surface area contributed by atoms with Gasteiger partial charge in [-0.15, -0.1) is 0 Å². The topological polar surface area (TPSA) is 85.2 Å². The maximum Gasteiger partial charge on any atom is 0.223 e. The van der Waals surface area contributed by atoms with Crippen molar-refractivity contribution in [1.29, 1.82) is 0 Å². The highest BCUT2D eigenvalue weighted by Crippen LogP contribution is 2.15. The van der Waals surface area contributed by atoms with Crippen molar-refractivity contribution in [2.75, 3.05) is 7.11 Å². The first kappa shape index (κ1) is 12.9. The number of aromatic nitrogens is 1. The third-order valence-corrected chi connectivity index (χ3v) is 2.71. The highest BCUT2D eigenvalue weighted by atomic mass is 16.5. The van der Waals surface area contributed by atoms with E-state index in [4.69, 9.17) is 10.5 Å². The van der Waals surface area contributed by atoms with E-state index < -0.39 is 5.91 Å². The van der Waals surface area contributed by atoms with E-state index in [0.29, 0.717) is 22.7 Å². The number of nitrogens with one attached hydrogen (secondary N) is 1. The summed E-state index contributed by atoms with van der Waals surface area (Å²) in [6.45, 7) is 0. The first-order valence-electron chi connectivity index (χ1n) is 5.75. The Morgan fingerprint density at radius 1 is 1.16 bits per heavy atom. The third-order valence-electron chi connectivity index (χ3n) is 2.71. The van der Waals surface area contributed by atoms with E-state index in [0.717, 1.165) is 0 Å². The molecule has 0 fully saturated rings. The quantitative estimate of drug-likeness (QED) is 0.792. The van der Waals surface area contributed by atoms with Crippen molar-refractivity contribution in [1.82, 2.24) is 4.98 Å². The minimum Gasteiger partial charge on any atom is -0.497 e.